The Morgan fingerprint density at radius 2 is 2.43 bits per heavy atom. The highest BCUT2D eigenvalue weighted by Crippen LogP contribution is 2.31. The lowest BCUT2D eigenvalue weighted by Gasteiger charge is -1.86. The Labute approximate surface area is 82.8 Å². The zero-order valence-electron chi connectivity index (χ0n) is 6.93. The number of anilines is 1. The summed E-state index contributed by atoms with van der Waals surface area (Å²) in [6.07, 6.45) is 2.91. The first-order valence-corrected chi connectivity index (χ1v) is 4.52. The Kier molecular flexibility index (Phi) is 1.97. The van der Waals surface area contributed by atoms with Gasteiger partial charge in [-0.05, 0) is 6.07 Å². The van der Waals surface area contributed by atoms with Gasteiger partial charge in [-0.1, -0.05) is 0 Å². The maximum absolute atomic E-state index is 10.7. The van der Waals surface area contributed by atoms with E-state index >= 15 is 0 Å². The van der Waals surface area contributed by atoms with E-state index in [0.29, 0.717) is 10.8 Å². The summed E-state index contributed by atoms with van der Waals surface area (Å²) in [5.74, 6) is -0.653. The van der Waals surface area contributed by atoms with E-state index in [9.17, 15) is 4.79 Å². The fourth-order valence-corrected chi connectivity index (χ4v) is 1.88. The zero-order valence-corrected chi connectivity index (χ0v) is 7.75. The summed E-state index contributed by atoms with van der Waals surface area (Å²) in [4.78, 5) is 15.3. The fourth-order valence-electron chi connectivity index (χ4n) is 1.02. The number of aromatic nitrogens is 1. The Balaban J connectivity index is 2.48. The van der Waals surface area contributed by atoms with E-state index in [1.54, 1.807) is 6.07 Å². The lowest BCUT2D eigenvalue weighted by atomic mass is 10.3. The summed E-state index contributed by atoms with van der Waals surface area (Å²) in [5, 5.41) is 8.76. The van der Waals surface area contributed by atoms with Gasteiger partial charge < -0.3 is 15.3 Å². The monoisotopic (exact) mass is 210 g/mol. The summed E-state index contributed by atoms with van der Waals surface area (Å²) >= 11 is 1.04. The number of hydrogen-bond acceptors (Lipinski definition) is 5. The molecule has 0 aliphatic rings. The van der Waals surface area contributed by atoms with Crippen LogP contribution in [0.3, 0.4) is 0 Å². The third-order valence-corrected chi connectivity index (χ3v) is 2.72. The van der Waals surface area contributed by atoms with Crippen LogP contribution >= 0.6 is 11.3 Å². The maximum Gasteiger partial charge on any atom is 0.348 e. The van der Waals surface area contributed by atoms with Crippen LogP contribution in [0.2, 0.25) is 0 Å². The quantitative estimate of drug-likeness (QED) is 0.787. The second-order valence-electron chi connectivity index (χ2n) is 2.54. The molecule has 0 aromatic carbocycles. The van der Waals surface area contributed by atoms with Crippen molar-refractivity contribution >= 4 is 23.0 Å². The van der Waals surface area contributed by atoms with Crippen LogP contribution in [0.5, 0.6) is 0 Å². The minimum Gasteiger partial charge on any atom is -0.477 e. The molecular formula is C8H6N2O3S. The molecule has 0 aliphatic heterocycles. The van der Waals surface area contributed by atoms with E-state index in [-0.39, 0.29) is 10.6 Å². The summed E-state index contributed by atoms with van der Waals surface area (Å²) in [6.45, 7) is 0. The molecule has 2 aromatic heterocycles. The minimum absolute atomic E-state index is 0.109. The number of carboxylic acids is 1. The molecule has 0 bridgehead atoms. The summed E-state index contributed by atoms with van der Waals surface area (Å²) in [7, 11) is 0. The van der Waals surface area contributed by atoms with Gasteiger partial charge in [0.1, 0.15) is 11.1 Å². The van der Waals surface area contributed by atoms with Crippen molar-refractivity contribution in [3.63, 3.8) is 0 Å². The van der Waals surface area contributed by atoms with E-state index in [0.717, 1.165) is 11.3 Å². The number of hydrogen-bond donors (Lipinski definition) is 2. The van der Waals surface area contributed by atoms with Crippen LogP contribution in [0.1, 0.15) is 9.67 Å². The first-order valence-electron chi connectivity index (χ1n) is 3.71. The lowest BCUT2D eigenvalue weighted by Crippen LogP contribution is -1.96. The van der Waals surface area contributed by atoms with Crippen molar-refractivity contribution in [2.75, 3.05) is 5.73 Å². The normalized spacial score (nSPS) is 10.3. The third-order valence-electron chi connectivity index (χ3n) is 1.60. The molecule has 2 heterocycles. The van der Waals surface area contributed by atoms with Crippen molar-refractivity contribution in [1.82, 2.24) is 4.98 Å². The summed E-state index contributed by atoms with van der Waals surface area (Å²) < 4.78 is 5.02. The van der Waals surface area contributed by atoms with Gasteiger partial charge in [0.15, 0.2) is 0 Å². The average Bonchev–Trinajstić information content (AvgIpc) is 2.70. The molecule has 0 radical (unpaired) electrons. The van der Waals surface area contributed by atoms with E-state index < -0.39 is 5.97 Å². The Morgan fingerprint density at radius 1 is 1.64 bits per heavy atom. The molecule has 0 saturated heterocycles. The van der Waals surface area contributed by atoms with Crippen LogP contribution in [0, 0.1) is 0 Å². The molecule has 0 spiro atoms. The van der Waals surface area contributed by atoms with Crippen LogP contribution in [-0.2, 0) is 0 Å². The average molecular weight is 210 g/mol. The maximum atomic E-state index is 10.7. The van der Waals surface area contributed by atoms with Crippen LogP contribution in [0.4, 0.5) is 5.69 Å². The van der Waals surface area contributed by atoms with Crippen molar-refractivity contribution in [2.45, 2.75) is 0 Å². The zero-order chi connectivity index (χ0) is 10.1. The van der Waals surface area contributed by atoms with Crippen LogP contribution in [0.25, 0.3) is 10.8 Å². The SMILES string of the molecule is Nc1cc(-c2ncco2)sc1C(=O)O. The van der Waals surface area contributed by atoms with E-state index in [4.69, 9.17) is 15.3 Å². The second-order valence-corrected chi connectivity index (χ2v) is 3.59. The van der Waals surface area contributed by atoms with Crippen LogP contribution < -0.4 is 5.73 Å². The first kappa shape index (κ1) is 8.76. The standard InChI is InChI=1S/C8H6N2O3S/c9-4-3-5(7-10-1-2-13-7)14-6(4)8(11)12/h1-3H,9H2,(H,11,12). The summed E-state index contributed by atoms with van der Waals surface area (Å²) in [5.41, 5.74) is 5.74. The largest absolute Gasteiger partial charge is 0.477 e. The van der Waals surface area contributed by atoms with Crippen molar-refractivity contribution in [2.24, 2.45) is 0 Å². The number of nitrogen functional groups attached to an aromatic ring is 1. The molecule has 0 amide bonds. The lowest BCUT2D eigenvalue weighted by molar-refractivity contribution is 0.0703. The molecule has 0 atom stereocenters. The number of nitrogens with two attached hydrogens (primary N) is 1. The molecule has 14 heavy (non-hydrogen) atoms. The highest BCUT2D eigenvalue weighted by Gasteiger charge is 2.15. The van der Waals surface area contributed by atoms with Crippen LogP contribution in [-0.4, -0.2) is 16.1 Å². The van der Waals surface area contributed by atoms with Gasteiger partial charge in [-0.2, -0.15) is 0 Å². The molecule has 2 aromatic rings. The van der Waals surface area contributed by atoms with Gasteiger partial charge >= 0.3 is 5.97 Å². The molecule has 2 rings (SSSR count). The molecule has 0 unspecified atom stereocenters. The molecule has 0 saturated carbocycles. The van der Waals surface area contributed by atoms with Gasteiger partial charge in [-0.25, -0.2) is 9.78 Å². The molecule has 3 N–H and O–H groups in total. The Bertz CT molecular complexity index is 461. The van der Waals surface area contributed by atoms with Crippen LogP contribution in [0.15, 0.2) is 22.9 Å². The predicted molar refractivity (Wildman–Crippen MR) is 51.2 cm³/mol. The second kappa shape index (κ2) is 3.15. The smallest absolute Gasteiger partial charge is 0.348 e. The first-order chi connectivity index (χ1) is 6.68. The topological polar surface area (TPSA) is 89.4 Å². The Hall–Kier alpha value is -1.82. The molecule has 6 heteroatoms. The summed E-state index contributed by atoms with van der Waals surface area (Å²) in [6, 6.07) is 1.54. The minimum atomic E-state index is -1.04. The number of rotatable bonds is 2. The van der Waals surface area contributed by atoms with Gasteiger partial charge in [0.05, 0.1) is 16.8 Å². The van der Waals surface area contributed by atoms with Crippen molar-refractivity contribution in [3.8, 4) is 10.8 Å². The van der Waals surface area contributed by atoms with Crippen molar-refractivity contribution in [3.05, 3.63) is 23.4 Å². The Morgan fingerprint density at radius 3 is 2.93 bits per heavy atom. The van der Waals surface area contributed by atoms with Gasteiger partial charge in [0, 0.05) is 0 Å². The molecular weight excluding hydrogens is 204 g/mol. The number of carbonyl (C=O) groups is 1. The van der Waals surface area contributed by atoms with Gasteiger partial charge in [0.25, 0.3) is 0 Å². The number of nitrogens with zero attached hydrogens (tertiary/aromatic N) is 1. The van der Waals surface area contributed by atoms with Crippen molar-refractivity contribution < 1.29 is 14.3 Å². The van der Waals surface area contributed by atoms with Crippen molar-refractivity contribution in [1.29, 1.82) is 0 Å². The van der Waals surface area contributed by atoms with E-state index in [2.05, 4.69) is 4.98 Å². The highest BCUT2D eigenvalue weighted by atomic mass is 32.1. The molecule has 0 aliphatic carbocycles. The van der Waals surface area contributed by atoms with Gasteiger partial charge in [-0.3, -0.25) is 0 Å². The van der Waals surface area contributed by atoms with E-state index in [1.807, 2.05) is 0 Å². The molecule has 72 valence electrons. The number of aromatic carboxylic acids is 1. The predicted octanol–water partition coefficient (Wildman–Crippen LogP) is 1.68. The fraction of sp³-hybridized carbons (Fsp3) is 0. The third kappa shape index (κ3) is 1.35. The molecule has 0 fully saturated rings. The van der Waals surface area contributed by atoms with Gasteiger partial charge in [-0.15, -0.1) is 11.3 Å². The van der Waals surface area contributed by atoms with Gasteiger partial charge in [0.2, 0.25) is 5.89 Å². The number of carboxylic acid groups (broad SMARTS) is 1. The molecule has 5 nitrogen and oxygen atoms in total. The number of thiophene rings is 1. The number of oxazole rings is 1. The van der Waals surface area contributed by atoms with E-state index in [1.165, 1.54) is 12.5 Å². The highest BCUT2D eigenvalue weighted by molar-refractivity contribution is 7.17.